The predicted molar refractivity (Wildman–Crippen MR) is 81.1 cm³/mol. The monoisotopic (exact) mass is 275 g/mol. The van der Waals surface area contributed by atoms with Crippen molar-refractivity contribution < 1.29 is 0 Å². The van der Waals surface area contributed by atoms with Gasteiger partial charge < -0.3 is 0 Å². The van der Waals surface area contributed by atoms with E-state index in [2.05, 4.69) is 47.0 Å². The van der Waals surface area contributed by atoms with Gasteiger partial charge in [-0.05, 0) is 24.5 Å². The Morgan fingerprint density at radius 3 is 2.89 bits per heavy atom. The Kier molecular flexibility index (Phi) is 5.07. The van der Waals surface area contributed by atoms with Crippen LogP contribution in [0, 0.1) is 6.92 Å². The average Bonchev–Trinajstić information content (AvgIpc) is 2.82. The molecule has 19 heavy (non-hydrogen) atoms. The average molecular weight is 275 g/mol. The molecule has 0 aliphatic heterocycles. The Morgan fingerprint density at radius 2 is 2.26 bits per heavy atom. The fraction of sp³-hybridized carbons (Fsp3) is 0.400. The first-order valence-electron chi connectivity index (χ1n) is 6.69. The molecule has 1 heterocycles. The van der Waals surface area contributed by atoms with Crippen molar-refractivity contribution in [2.24, 2.45) is 5.84 Å². The third-order valence-electron chi connectivity index (χ3n) is 3.17. The molecular formula is C15H21N3S. The Labute approximate surface area is 118 Å². The molecule has 1 aromatic heterocycles. The molecule has 1 unspecified atom stereocenters. The molecule has 0 aliphatic rings. The normalized spacial score (nSPS) is 12.6. The maximum absolute atomic E-state index is 5.71. The molecular weight excluding hydrogens is 254 g/mol. The van der Waals surface area contributed by atoms with Gasteiger partial charge in [-0.3, -0.25) is 11.3 Å². The summed E-state index contributed by atoms with van der Waals surface area (Å²) in [6.45, 7) is 4.23. The van der Waals surface area contributed by atoms with Crippen molar-refractivity contribution in [2.45, 2.75) is 39.2 Å². The summed E-state index contributed by atoms with van der Waals surface area (Å²) in [5.74, 6) is 5.71. The minimum Gasteiger partial charge on any atom is -0.271 e. The molecule has 0 radical (unpaired) electrons. The second kappa shape index (κ2) is 6.80. The zero-order valence-electron chi connectivity index (χ0n) is 11.5. The SMILES string of the molecule is CCCc1cccc(C(Cc2csc(C)n2)NN)c1. The minimum absolute atomic E-state index is 0.123. The van der Waals surface area contributed by atoms with Crippen molar-refractivity contribution in [3.63, 3.8) is 0 Å². The molecule has 2 aromatic rings. The zero-order chi connectivity index (χ0) is 13.7. The molecule has 3 N–H and O–H groups in total. The van der Waals surface area contributed by atoms with Gasteiger partial charge in [0, 0.05) is 11.8 Å². The van der Waals surface area contributed by atoms with E-state index < -0.39 is 0 Å². The van der Waals surface area contributed by atoms with Crippen molar-refractivity contribution in [2.75, 3.05) is 0 Å². The molecule has 0 amide bonds. The quantitative estimate of drug-likeness (QED) is 0.629. The van der Waals surface area contributed by atoms with Crippen molar-refractivity contribution in [1.82, 2.24) is 10.4 Å². The number of nitrogens with two attached hydrogens (primary N) is 1. The first-order valence-corrected chi connectivity index (χ1v) is 7.57. The van der Waals surface area contributed by atoms with Crippen LogP contribution in [0.3, 0.4) is 0 Å². The van der Waals surface area contributed by atoms with Gasteiger partial charge in [-0.25, -0.2) is 4.98 Å². The molecule has 0 bridgehead atoms. The summed E-state index contributed by atoms with van der Waals surface area (Å²) in [6, 6.07) is 8.78. The van der Waals surface area contributed by atoms with E-state index in [9.17, 15) is 0 Å². The number of benzene rings is 1. The van der Waals surface area contributed by atoms with Gasteiger partial charge in [-0.1, -0.05) is 37.6 Å². The largest absolute Gasteiger partial charge is 0.271 e. The topological polar surface area (TPSA) is 50.9 Å². The van der Waals surface area contributed by atoms with Crippen molar-refractivity contribution in [1.29, 1.82) is 0 Å². The lowest BCUT2D eigenvalue weighted by atomic mass is 9.99. The fourth-order valence-electron chi connectivity index (χ4n) is 2.24. The number of thiazole rings is 1. The number of aryl methyl sites for hydroxylation is 2. The summed E-state index contributed by atoms with van der Waals surface area (Å²) < 4.78 is 0. The summed E-state index contributed by atoms with van der Waals surface area (Å²) in [6.07, 6.45) is 3.10. The van der Waals surface area contributed by atoms with Gasteiger partial charge in [-0.15, -0.1) is 11.3 Å². The molecule has 102 valence electrons. The van der Waals surface area contributed by atoms with Crippen LogP contribution in [0.4, 0.5) is 0 Å². The lowest BCUT2D eigenvalue weighted by Crippen LogP contribution is -2.29. The van der Waals surface area contributed by atoms with Gasteiger partial charge in [0.2, 0.25) is 0 Å². The van der Waals surface area contributed by atoms with Gasteiger partial charge in [0.15, 0.2) is 0 Å². The van der Waals surface area contributed by atoms with E-state index in [4.69, 9.17) is 5.84 Å². The van der Waals surface area contributed by atoms with Crippen LogP contribution in [0.25, 0.3) is 0 Å². The molecule has 2 rings (SSSR count). The van der Waals surface area contributed by atoms with E-state index in [-0.39, 0.29) is 6.04 Å². The maximum Gasteiger partial charge on any atom is 0.0897 e. The van der Waals surface area contributed by atoms with Crippen molar-refractivity contribution in [3.8, 4) is 0 Å². The van der Waals surface area contributed by atoms with Crippen LogP contribution < -0.4 is 11.3 Å². The van der Waals surface area contributed by atoms with Crippen LogP contribution in [0.2, 0.25) is 0 Å². The zero-order valence-corrected chi connectivity index (χ0v) is 12.3. The molecule has 0 fully saturated rings. The van der Waals surface area contributed by atoms with E-state index in [1.54, 1.807) is 11.3 Å². The van der Waals surface area contributed by atoms with Crippen LogP contribution in [0.1, 0.15) is 41.2 Å². The van der Waals surface area contributed by atoms with E-state index in [0.29, 0.717) is 0 Å². The van der Waals surface area contributed by atoms with Gasteiger partial charge in [0.05, 0.1) is 16.7 Å². The highest BCUT2D eigenvalue weighted by atomic mass is 32.1. The first kappa shape index (κ1) is 14.2. The Morgan fingerprint density at radius 1 is 1.42 bits per heavy atom. The van der Waals surface area contributed by atoms with Crippen LogP contribution >= 0.6 is 11.3 Å². The second-order valence-corrected chi connectivity index (χ2v) is 5.84. The molecule has 0 saturated heterocycles. The second-order valence-electron chi connectivity index (χ2n) is 4.78. The maximum atomic E-state index is 5.71. The van der Waals surface area contributed by atoms with Crippen LogP contribution in [0.5, 0.6) is 0 Å². The third kappa shape index (κ3) is 3.86. The lowest BCUT2D eigenvalue weighted by molar-refractivity contribution is 0.546. The smallest absolute Gasteiger partial charge is 0.0897 e. The number of hydrazine groups is 1. The number of nitrogens with zero attached hydrogens (tertiary/aromatic N) is 1. The van der Waals surface area contributed by atoms with E-state index in [1.165, 1.54) is 11.1 Å². The molecule has 1 atom stereocenters. The third-order valence-corrected chi connectivity index (χ3v) is 4.00. The highest BCUT2D eigenvalue weighted by Crippen LogP contribution is 2.20. The predicted octanol–water partition coefficient (Wildman–Crippen LogP) is 3.15. The summed E-state index contributed by atoms with van der Waals surface area (Å²) in [5.41, 5.74) is 6.62. The molecule has 3 nitrogen and oxygen atoms in total. The van der Waals surface area contributed by atoms with Gasteiger partial charge in [-0.2, -0.15) is 0 Å². The summed E-state index contributed by atoms with van der Waals surface area (Å²) in [4.78, 5) is 4.51. The van der Waals surface area contributed by atoms with Crippen LogP contribution in [-0.2, 0) is 12.8 Å². The molecule has 0 saturated carbocycles. The fourth-order valence-corrected chi connectivity index (χ4v) is 2.86. The summed E-state index contributed by atoms with van der Waals surface area (Å²) >= 11 is 1.68. The number of aromatic nitrogens is 1. The Hall–Kier alpha value is -1.23. The van der Waals surface area contributed by atoms with Gasteiger partial charge in [0.25, 0.3) is 0 Å². The van der Waals surface area contributed by atoms with Crippen LogP contribution in [0.15, 0.2) is 29.6 Å². The van der Waals surface area contributed by atoms with Crippen molar-refractivity contribution >= 4 is 11.3 Å². The summed E-state index contributed by atoms with van der Waals surface area (Å²) in [7, 11) is 0. The van der Waals surface area contributed by atoms with Crippen molar-refractivity contribution in [3.05, 3.63) is 51.5 Å². The minimum atomic E-state index is 0.123. The van der Waals surface area contributed by atoms with E-state index in [0.717, 1.165) is 30.0 Å². The van der Waals surface area contributed by atoms with E-state index >= 15 is 0 Å². The summed E-state index contributed by atoms with van der Waals surface area (Å²) in [5, 5.41) is 3.21. The van der Waals surface area contributed by atoms with Gasteiger partial charge in [0.1, 0.15) is 0 Å². The number of hydrogen-bond donors (Lipinski definition) is 2. The highest BCUT2D eigenvalue weighted by Gasteiger charge is 2.12. The molecule has 4 heteroatoms. The number of rotatable bonds is 6. The molecule has 0 spiro atoms. The van der Waals surface area contributed by atoms with Crippen LogP contribution in [-0.4, -0.2) is 4.98 Å². The Balaban J connectivity index is 2.14. The highest BCUT2D eigenvalue weighted by molar-refractivity contribution is 7.09. The first-order chi connectivity index (χ1) is 9.22. The number of hydrogen-bond acceptors (Lipinski definition) is 4. The van der Waals surface area contributed by atoms with E-state index in [1.807, 2.05) is 6.92 Å². The van der Waals surface area contributed by atoms with Gasteiger partial charge >= 0.3 is 0 Å². The standard InChI is InChI=1S/C15H21N3S/c1-3-5-12-6-4-7-13(8-12)15(18-16)9-14-10-19-11(2)17-14/h4,6-8,10,15,18H,3,5,9,16H2,1-2H3. The molecule has 1 aromatic carbocycles. The molecule has 0 aliphatic carbocycles. The lowest BCUT2D eigenvalue weighted by Gasteiger charge is -2.16. The number of nitrogens with one attached hydrogen (secondary N) is 1. The Bertz CT molecular complexity index is 522.